The van der Waals surface area contributed by atoms with Gasteiger partial charge in [-0.3, -0.25) is 9.78 Å². The van der Waals surface area contributed by atoms with Crippen molar-refractivity contribution in [3.05, 3.63) is 66.4 Å². The number of para-hydroxylation sites is 2. The molecule has 4 nitrogen and oxygen atoms in total. The molecule has 0 aliphatic rings. The lowest BCUT2D eigenvalue weighted by Gasteiger charge is -2.12. The van der Waals surface area contributed by atoms with Crippen molar-refractivity contribution in [1.29, 1.82) is 0 Å². The molecule has 0 spiro atoms. The third-order valence-corrected chi connectivity index (χ3v) is 3.74. The number of nitrogens with zero attached hydrogens (tertiary/aromatic N) is 1. The molecule has 2 aromatic carbocycles. The van der Waals surface area contributed by atoms with Crippen LogP contribution in [-0.4, -0.2) is 17.4 Å². The topological polar surface area (TPSA) is 54.0 Å². The zero-order valence-corrected chi connectivity index (χ0v) is 13.0. The van der Waals surface area contributed by atoms with Crippen LogP contribution in [0.15, 0.2) is 60.8 Å². The Morgan fingerprint density at radius 1 is 1.00 bits per heavy atom. The molecule has 0 saturated heterocycles. The summed E-state index contributed by atoms with van der Waals surface area (Å²) >= 11 is 0. The average molecular weight is 305 g/mol. The van der Waals surface area contributed by atoms with Gasteiger partial charge in [-0.15, -0.1) is 0 Å². The maximum absolute atomic E-state index is 12.2. The number of benzene rings is 2. The number of pyridine rings is 1. The van der Waals surface area contributed by atoms with Crippen LogP contribution in [0, 0.1) is 0 Å². The number of aromatic nitrogens is 1. The summed E-state index contributed by atoms with van der Waals surface area (Å²) in [4.78, 5) is 16.6. The fraction of sp³-hybridized carbons (Fsp3) is 0.158. The summed E-state index contributed by atoms with van der Waals surface area (Å²) < 4.78 is 0. The molecule has 2 N–H and O–H groups in total. The SMILES string of the molecule is CCc1ccccc1NCC(=O)Nc1cccc2cccnc12. The van der Waals surface area contributed by atoms with Crippen LogP contribution in [0.4, 0.5) is 11.4 Å². The molecule has 0 aliphatic heterocycles. The Bertz CT molecular complexity index is 824. The molecule has 23 heavy (non-hydrogen) atoms. The second-order valence-corrected chi connectivity index (χ2v) is 5.29. The summed E-state index contributed by atoms with van der Waals surface area (Å²) in [5.41, 5.74) is 3.74. The first kappa shape index (κ1) is 15.0. The Labute approximate surface area is 135 Å². The van der Waals surface area contributed by atoms with Crippen LogP contribution in [0.1, 0.15) is 12.5 Å². The molecule has 0 radical (unpaired) electrons. The number of carbonyl (C=O) groups is 1. The van der Waals surface area contributed by atoms with E-state index in [1.807, 2.05) is 48.5 Å². The number of amides is 1. The number of nitrogens with one attached hydrogen (secondary N) is 2. The van der Waals surface area contributed by atoms with Gasteiger partial charge < -0.3 is 10.6 Å². The second kappa shape index (κ2) is 6.92. The highest BCUT2D eigenvalue weighted by molar-refractivity contribution is 6.01. The van der Waals surface area contributed by atoms with Crippen LogP contribution >= 0.6 is 0 Å². The van der Waals surface area contributed by atoms with Crippen LogP contribution in [0.2, 0.25) is 0 Å². The first-order chi connectivity index (χ1) is 11.3. The van der Waals surface area contributed by atoms with E-state index in [0.29, 0.717) is 0 Å². The number of fused-ring (bicyclic) bond motifs is 1. The Morgan fingerprint density at radius 2 is 1.78 bits per heavy atom. The van der Waals surface area contributed by atoms with Crippen LogP contribution in [0.3, 0.4) is 0 Å². The highest BCUT2D eigenvalue weighted by Crippen LogP contribution is 2.20. The number of hydrogen-bond donors (Lipinski definition) is 2. The van der Waals surface area contributed by atoms with Gasteiger partial charge in [-0.05, 0) is 30.2 Å². The summed E-state index contributed by atoms with van der Waals surface area (Å²) in [6, 6.07) is 17.7. The normalized spacial score (nSPS) is 10.5. The fourth-order valence-electron chi connectivity index (χ4n) is 2.58. The fourth-order valence-corrected chi connectivity index (χ4v) is 2.58. The van der Waals surface area contributed by atoms with Crippen LogP contribution in [-0.2, 0) is 11.2 Å². The maximum Gasteiger partial charge on any atom is 0.243 e. The quantitative estimate of drug-likeness (QED) is 0.753. The molecule has 3 aromatic rings. The van der Waals surface area contributed by atoms with Crippen molar-refractivity contribution in [1.82, 2.24) is 4.98 Å². The van der Waals surface area contributed by atoms with Gasteiger partial charge in [0.05, 0.1) is 17.7 Å². The zero-order chi connectivity index (χ0) is 16.1. The van der Waals surface area contributed by atoms with E-state index in [-0.39, 0.29) is 12.5 Å². The molecule has 1 heterocycles. The third kappa shape index (κ3) is 3.48. The monoisotopic (exact) mass is 305 g/mol. The molecule has 3 rings (SSSR count). The summed E-state index contributed by atoms with van der Waals surface area (Å²) in [7, 11) is 0. The largest absolute Gasteiger partial charge is 0.376 e. The summed E-state index contributed by atoms with van der Waals surface area (Å²) in [6.45, 7) is 2.32. The minimum atomic E-state index is -0.0888. The van der Waals surface area contributed by atoms with E-state index in [0.717, 1.165) is 28.7 Å². The Kier molecular flexibility index (Phi) is 4.52. The second-order valence-electron chi connectivity index (χ2n) is 5.29. The van der Waals surface area contributed by atoms with Gasteiger partial charge in [-0.1, -0.05) is 43.3 Å². The van der Waals surface area contributed by atoms with E-state index in [4.69, 9.17) is 0 Å². The highest BCUT2D eigenvalue weighted by Gasteiger charge is 2.07. The highest BCUT2D eigenvalue weighted by atomic mass is 16.1. The van der Waals surface area contributed by atoms with Gasteiger partial charge in [-0.25, -0.2) is 0 Å². The predicted molar refractivity (Wildman–Crippen MR) is 94.7 cm³/mol. The van der Waals surface area contributed by atoms with Crippen molar-refractivity contribution >= 4 is 28.2 Å². The number of hydrogen-bond acceptors (Lipinski definition) is 3. The van der Waals surface area contributed by atoms with Gasteiger partial charge >= 0.3 is 0 Å². The Hall–Kier alpha value is -2.88. The molecule has 0 bridgehead atoms. The molecule has 0 fully saturated rings. The Morgan fingerprint density at radius 3 is 2.65 bits per heavy atom. The number of rotatable bonds is 5. The third-order valence-electron chi connectivity index (χ3n) is 3.74. The molecule has 1 amide bonds. The van der Waals surface area contributed by atoms with Gasteiger partial charge in [0, 0.05) is 17.3 Å². The first-order valence-corrected chi connectivity index (χ1v) is 7.73. The summed E-state index contributed by atoms with van der Waals surface area (Å²) in [6.07, 6.45) is 2.66. The van der Waals surface area contributed by atoms with Crippen molar-refractivity contribution in [3.63, 3.8) is 0 Å². The Balaban J connectivity index is 1.69. The molecule has 0 aliphatic carbocycles. The van der Waals surface area contributed by atoms with Gasteiger partial charge in [-0.2, -0.15) is 0 Å². The van der Waals surface area contributed by atoms with Crippen LogP contribution in [0.5, 0.6) is 0 Å². The van der Waals surface area contributed by atoms with Crippen molar-refractivity contribution in [3.8, 4) is 0 Å². The van der Waals surface area contributed by atoms with E-state index in [1.165, 1.54) is 5.56 Å². The zero-order valence-electron chi connectivity index (χ0n) is 13.0. The minimum Gasteiger partial charge on any atom is -0.376 e. The molecule has 0 saturated carbocycles. The molecular formula is C19H19N3O. The van der Waals surface area contributed by atoms with Gasteiger partial charge in [0.2, 0.25) is 5.91 Å². The van der Waals surface area contributed by atoms with Gasteiger partial charge in [0.25, 0.3) is 0 Å². The average Bonchev–Trinajstić information content (AvgIpc) is 2.60. The predicted octanol–water partition coefficient (Wildman–Crippen LogP) is 3.85. The number of carbonyl (C=O) groups excluding carboxylic acids is 1. The van der Waals surface area contributed by atoms with E-state index >= 15 is 0 Å². The molecule has 116 valence electrons. The van der Waals surface area contributed by atoms with E-state index < -0.39 is 0 Å². The molecular weight excluding hydrogens is 286 g/mol. The lowest BCUT2D eigenvalue weighted by atomic mass is 10.1. The standard InChI is InChI=1S/C19H19N3O/c1-2-14-7-3-4-10-16(14)21-13-18(23)22-17-11-5-8-15-9-6-12-20-19(15)17/h3-12,21H,2,13H2,1H3,(H,22,23). The smallest absolute Gasteiger partial charge is 0.243 e. The van der Waals surface area contributed by atoms with Crippen LogP contribution in [0.25, 0.3) is 10.9 Å². The first-order valence-electron chi connectivity index (χ1n) is 7.73. The van der Waals surface area contributed by atoms with Crippen molar-refractivity contribution in [2.45, 2.75) is 13.3 Å². The number of aryl methyl sites for hydroxylation is 1. The van der Waals surface area contributed by atoms with Crippen molar-refractivity contribution < 1.29 is 4.79 Å². The van der Waals surface area contributed by atoms with E-state index in [9.17, 15) is 4.79 Å². The van der Waals surface area contributed by atoms with Crippen molar-refractivity contribution in [2.24, 2.45) is 0 Å². The summed E-state index contributed by atoms with van der Waals surface area (Å²) in [5.74, 6) is -0.0888. The van der Waals surface area contributed by atoms with E-state index in [1.54, 1.807) is 6.20 Å². The van der Waals surface area contributed by atoms with Crippen LogP contribution < -0.4 is 10.6 Å². The minimum absolute atomic E-state index is 0.0888. The maximum atomic E-state index is 12.2. The number of anilines is 2. The summed E-state index contributed by atoms with van der Waals surface area (Å²) in [5, 5.41) is 7.14. The molecule has 0 unspecified atom stereocenters. The van der Waals surface area contributed by atoms with Gasteiger partial charge in [0.1, 0.15) is 0 Å². The molecule has 4 heteroatoms. The van der Waals surface area contributed by atoms with Gasteiger partial charge in [0.15, 0.2) is 0 Å². The molecule has 0 atom stereocenters. The molecule has 1 aromatic heterocycles. The van der Waals surface area contributed by atoms with Crippen molar-refractivity contribution in [2.75, 3.05) is 17.2 Å². The lowest BCUT2D eigenvalue weighted by molar-refractivity contribution is -0.114. The lowest BCUT2D eigenvalue weighted by Crippen LogP contribution is -2.22. The van der Waals surface area contributed by atoms with E-state index in [2.05, 4.69) is 28.6 Å².